The van der Waals surface area contributed by atoms with Gasteiger partial charge in [0.15, 0.2) is 0 Å². The SMILES string of the molecule is CCCC1=C(C(=O)OCC)C(c2ccccc2Cl)/C(=C/NC(=O)/C=C/c2ccccc2)C(N)=[NH+]1. The van der Waals surface area contributed by atoms with Crippen molar-refractivity contribution < 1.29 is 19.3 Å². The summed E-state index contributed by atoms with van der Waals surface area (Å²) >= 11 is 6.55. The molecule has 7 heteroatoms. The van der Waals surface area contributed by atoms with E-state index in [0.29, 0.717) is 39.7 Å². The maximum atomic E-state index is 13.1. The second kappa shape index (κ2) is 12.0. The molecule has 0 aliphatic carbocycles. The fourth-order valence-corrected chi connectivity index (χ4v) is 4.06. The molecular weight excluding hydrogens is 450 g/mol. The Morgan fingerprint density at radius 1 is 1.12 bits per heavy atom. The van der Waals surface area contributed by atoms with Crippen LogP contribution in [0, 0.1) is 0 Å². The van der Waals surface area contributed by atoms with Crippen LogP contribution in [0.15, 0.2) is 83.7 Å². The Labute approximate surface area is 204 Å². The van der Waals surface area contributed by atoms with Gasteiger partial charge in [-0.3, -0.25) is 10.5 Å². The quantitative estimate of drug-likeness (QED) is 0.401. The summed E-state index contributed by atoms with van der Waals surface area (Å²) in [5.74, 6) is -1.04. The summed E-state index contributed by atoms with van der Waals surface area (Å²) in [5, 5.41) is 3.25. The lowest BCUT2D eigenvalue weighted by Crippen LogP contribution is -2.76. The molecule has 2 aromatic rings. The van der Waals surface area contributed by atoms with Crippen molar-refractivity contribution >= 4 is 35.4 Å². The fraction of sp³-hybridized carbons (Fsp3) is 0.222. The summed E-state index contributed by atoms with van der Waals surface area (Å²) in [5.41, 5.74) is 9.66. The molecule has 0 fully saturated rings. The molecule has 34 heavy (non-hydrogen) atoms. The first kappa shape index (κ1) is 25.0. The number of benzene rings is 2. The van der Waals surface area contributed by atoms with E-state index in [4.69, 9.17) is 22.1 Å². The van der Waals surface area contributed by atoms with Crippen molar-refractivity contribution in [1.29, 1.82) is 0 Å². The van der Waals surface area contributed by atoms with Crippen molar-refractivity contribution in [2.45, 2.75) is 32.6 Å². The lowest BCUT2D eigenvalue weighted by Gasteiger charge is -2.26. The van der Waals surface area contributed by atoms with Gasteiger partial charge >= 0.3 is 5.97 Å². The summed E-state index contributed by atoms with van der Waals surface area (Å²) < 4.78 is 5.39. The maximum absolute atomic E-state index is 13.1. The number of esters is 1. The van der Waals surface area contributed by atoms with Crippen LogP contribution in [0.2, 0.25) is 5.02 Å². The number of hydrogen-bond donors (Lipinski definition) is 3. The first-order valence-electron chi connectivity index (χ1n) is 11.2. The average molecular weight is 479 g/mol. The van der Waals surface area contributed by atoms with Gasteiger partial charge in [0, 0.05) is 23.7 Å². The molecule has 6 nitrogen and oxygen atoms in total. The van der Waals surface area contributed by atoms with E-state index in [-0.39, 0.29) is 12.5 Å². The number of carbonyl (C=O) groups excluding carboxylic acids is 2. The van der Waals surface area contributed by atoms with Crippen molar-refractivity contribution in [3.05, 3.63) is 99.9 Å². The van der Waals surface area contributed by atoms with Gasteiger partial charge in [-0.1, -0.05) is 67.1 Å². The molecule has 0 aromatic heterocycles. The zero-order valence-corrected chi connectivity index (χ0v) is 20.1. The number of hydrogen-bond acceptors (Lipinski definition) is 4. The normalized spacial score (nSPS) is 17.1. The van der Waals surface area contributed by atoms with Gasteiger partial charge in [0.25, 0.3) is 5.84 Å². The van der Waals surface area contributed by atoms with Crippen LogP contribution in [0.1, 0.15) is 43.7 Å². The van der Waals surface area contributed by atoms with E-state index in [1.165, 1.54) is 12.3 Å². The van der Waals surface area contributed by atoms with E-state index in [1.54, 1.807) is 19.1 Å². The Bertz CT molecular complexity index is 1170. The second-order valence-electron chi connectivity index (χ2n) is 7.71. The summed E-state index contributed by atoms with van der Waals surface area (Å²) in [6, 6.07) is 16.8. The number of carbonyl (C=O) groups is 2. The highest BCUT2D eigenvalue weighted by molar-refractivity contribution is 6.31. The van der Waals surface area contributed by atoms with Crippen molar-refractivity contribution in [3.8, 4) is 0 Å². The molecule has 1 aliphatic heterocycles. The van der Waals surface area contributed by atoms with Crippen molar-refractivity contribution in [2.24, 2.45) is 5.73 Å². The smallest absolute Gasteiger partial charge is 0.338 e. The van der Waals surface area contributed by atoms with Gasteiger partial charge in [-0.05, 0) is 36.6 Å². The standard InChI is InChI=1S/C27H28ClN3O3/c1-3-10-22-25(27(33)34-4-2)24(19-13-8-9-14-21(19)28)20(26(29)31-22)17-30-23(32)16-15-18-11-6-5-7-12-18/h5-9,11-17,24H,3-4,10H2,1-2H3,(H2,29,31)(H,30,32)/p+1/b16-15+,20-17-. The third-order valence-electron chi connectivity index (χ3n) is 5.33. The first-order chi connectivity index (χ1) is 16.5. The van der Waals surface area contributed by atoms with Crippen molar-refractivity contribution in [1.82, 2.24) is 5.32 Å². The zero-order valence-electron chi connectivity index (χ0n) is 19.3. The van der Waals surface area contributed by atoms with Crippen LogP contribution in [0.25, 0.3) is 6.08 Å². The lowest BCUT2D eigenvalue weighted by atomic mass is 9.80. The number of halogens is 1. The number of nitrogens with two attached hydrogens (primary N) is 1. The molecule has 3 rings (SSSR count). The van der Waals surface area contributed by atoms with E-state index in [9.17, 15) is 9.59 Å². The first-order valence-corrected chi connectivity index (χ1v) is 11.6. The largest absolute Gasteiger partial charge is 0.462 e. The third-order valence-corrected chi connectivity index (χ3v) is 5.67. The number of amides is 1. The van der Waals surface area contributed by atoms with E-state index in [2.05, 4.69) is 10.3 Å². The van der Waals surface area contributed by atoms with Crippen LogP contribution in [-0.2, 0) is 14.3 Å². The van der Waals surface area contributed by atoms with Crippen LogP contribution in [0.5, 0.6) is 0 Å². The third kappa shape index (κ3) is 6.02. The topological polar surface area (TPSA) is 95.4 Å². The van der Waals surface area contributed by atoms with E-state index < -0.39 is 11.9 Å². The fourth-order valence-electron chi connectivity index (χ4n) is 3.81. The molecule has 4 N–H and O–H groups in total. The van der Waals surface area contributed by atoms with Gasteiger partial charge < -0.3 is 10.1 Å². The maximum Gasteiger partial charge on any atom is 0.338 e. The molecule has 0 spiro atoms. The number of allylic oxidation sites excluding steroid dienone is 1. The Kier molecular flexibility index (Phi) is 8.82. The Morgan fingerprint density at radius 3 is 2.50 bits per heavy atom. The minimum absolute atomic E-state index is 0.232. The Balaban J connectivity index is 2.03. The predicted octanol–water partition coefficient (Wildman–Crippen LogP) is 3.21. The van der Waals surface area contributed by atoms with Gasteiger partial charge in [-0.15, -0.1) is 0 Å². The lowest BCUT2D eigenvalue weighted by molar-refractivity contribution is -0.404. The number of rotatable bonds is 8. The highest BCUT2D eigenvalue weighted by Gasteiger charge is 2.39. The Hall–Kier alpha value is -3.64. The molecule has 0 bridgehead atoms. The number of nitrogens with one attached hydrogen (secondary N) is 2. The van der Waals surface area contributed by atoms with E-state index in [0.717, 1.165) is 12.0 Å². The summed E-state index contributed by atoms with van der Waals surface area (Å²) in [6.45, 7) is 4.01. The molecule has 1 heterocycles. The number of ether oxygens (including phenoxy) is 1. The van der Waals surface area contributed by atoms with Gasteiger partial charge in [0.05, 0.1) is 23.7 Å². The monoisotopic (exact) mass is 478 g/mol. The summed E-state index contributed by atoms with van der Waals surface area (Å²) in [7, 11) is 0. The highest BCUT2D eigenvalue weighted by Crippen LogP contribution is 2.38. The molecule has 2 aromatic carbocycles. The highest BCUT2D eigenvalue weighted by atomic mass is 35.5. The van der Waals surface area contributed by atoms with Crippen LogP contribution in [-0.4, -0.2) is 24.3 Å². The van der Waals surface area contributed by atoms with Crippen LogP contribution in [0.3, 0.4) is 0 Å². The number of amidine groups is 1. The van der Waals surface area contributed by atoms with Gasteiger partial charge in [0.2, 0.25) is 5.91 Å². The molecule has 1 aliphatic rings. The molecule has 176 valence electrons. The summed E-state index contributed by atoms with van der Waals surface area (Å²) in [4.78, 5) is 28.8. The summed E-state index contributed by atoms with van der Waals surface area (Å²) in [6.07, 6.45) is 6.09. The van der Waals surface area contributed by atoms with Crippen molar-refractivity contribution in [3.63, 3.8) is 0 Å². The molecule has 0 saturated carbocycles. The molecule has 1 atom stereocenters. The second-order valence-corrected chi connectivity index (χ2v) is 8.12. The molecular formula is C27H29ClN3O3+. The zero-order chi connectivity index (χ0) is 24.5. The predicted molar refractivity (Wildman–Crippen MR) is 135 cm³/mol. The van der Waals surface area contributed by atoms with Crippen molar-refractivity contribution in [2.75, 3.05) is 6.61 Å². The van der Waals surface area contributed by atoms with E-state index >= 15 is 0 Å². The minimum atomic E-state index is -0.603. The van der Waals surface area contributed by atoms with Gasteiger partial charge in [-0.2, -0.15) is 0 Å². The molecule has 1 amide bonds. The average Bonchev–Trinajstić information content (AvgIpc) is 2.83. The van der Waals surface area contributed by atoms with Gasteiger partial charge in [-0.25, -0.2) is 9.79 Å². The van der Waals surface area contributed by atoms with E-state index in [1.807, 2.05) is 55.5 Å². The van der Waals surface area contributed by atoms with Crippen LogP contribution in [0.4, 0.5) is 0 Å². The van der Waals surface area contributed by atoms with Crippen LogP contribution < -0.4 is 16.0 Å². The van der Waals surface area contributed by atoms with Gasteiger partial charge in [0.1, 0.15) is 5.70 Å². The molecule has 0 radical (unpaired) electrons. The van der Waals surface area contributed by atoms with Crippen LogP contribution >= 0.6 is 11.6 Å². The Morgan fingerprint density at radius 2 is 1.82 bits per heavy atom. The molecule has 0 saturated heterocycles. The minimum Gasteiger partial charge on any atom is -0.462 e. The molecule has 1 unspecified atom stereocenters.